The number of fused-ring (bicyclic) bond motifs is 1. The van der Waals surface area contributed by atoms with Crippen LogP contribution in [0.1, 0.15) is 40.0 Å². The summed E-state index contributed by atoms with van der Waals surface area (Å²) in [6, 6.07) is 17.3. The van der Waals surface area contributed by atoms with Crippen molar-refractivity contribution in [3.05, 3.63) is 80.4 Å². The third-order valence-electron chi connectivity index (χ3n) is 5.19. The predicted octanol–water partition coefficient (Wildman–Crippen LogP) is 6.89. The fourth-order valence-corrected chi connectivity index (χ4v) is 5.01. The quantitative estimate of drug-likeness (QED) is 0.284. The first-order valence-corrected chi connectivity index (χ1v) is 11.9. The van der Waals surface area contributed by atoms with Crippen LogP contribution in [-0.4, -0.2) is 16.5 Å². The fraction of sp³-hybridized carbons (Fsp3) is 0.208. The molecule has 0 amide bonds. The van der Waals surface area contributed by atoms with Crippen molar-refractivity contribution in [1.82, 2.24) is 4.98 Å². The van der Waals surface area contributed by atoms with Crippen LogP contribution < -0.4 is 0 Å². The molecule has 4 rings (SSSR count). The van der Waals surface area contributed by atoms with Crippen molar-refractivity contribution in [2.24, 2.45) is 0 Å². The normalized spacial score (nSPS) is 12.8. The summed E-state index contributed by atoms with van der Waals surface area (Å²) in [5.41, 5.74) is 5.31. The van der Waals surface area contributed by atoms with Gasteiger partial charge >= 0.3 is 0 Å². The molecular formula is C24H18BrClN2OS. The largest absolute Gasteiger partial charge is 0.293 e. The van der Waals surface area contributed by atoms with Gasteiger partial charge in [0.05, 0.1) is 11.3 Å². The number of thioether (sulfide) groups is 1. The molecule has 0 N–H and O–H groups in total. The highest BCUT2D eigenvalue weighted by atomic mass is 79.9. The van der Waals surface area contributed by atoms with Crippen LogP contribution in [0, 0.1) is 11.3 Å². The number of ketones is 1. The van der Waals surface area contributed by atoms with E-state index in [1.165, 1.54) is 11.8 Å². The average Bonchev–Trinajstić information content (AvgIpc) is 2.77. The van der Waals surface area contributed by atoms with E-state index in [0.717, 1.165) is 52.5 Å². The van der Waals surface area contributed by atoms with Crippen LogP contribution in [0.2, 0.25) is 5.02 Å². The van der Waals surface area contributed by atoms with Crippen LogP contribution in [0.5, 0.6) is 0 Å². The number of carbonyl (C=O) groups excluding carboxylic acids is 1. The summed E-state index contributed by atoms with van der Waals surface area (Å²) in [6.45, 7) is 0. The molecule has 3 aromatic rings. The van der Waals surface area contributed by atoms with Gasteiger partial charge in [-0.1, -0.05) is 63.6 Å². The molecule has 0 radical (unpaired) electrons. The molecule has 2 aromatic carbocycles. The molecule has 0 saturated heterocycles. The zero-order chi connectivity index (χ0) is 21.1. The number of aromatic nitrogens is 1. The van der Waals surface area contributed by atoms with E-state index in [0.29, 0.717) is 21.2 Å². The second kappa shape index (κ2) is 9.34. The Hall–Kier alpha value is -2.13. The van der Waals surface area contributed by atoms with Gasteiger partial charge in [0.15, 0.2) is 5.78 Å². The standard InChI is InChI=1S/C24H18BrClN2OS/c25-17-9-5-15(6-10-17)22(29)14-30-24-20(13-27)23(16-7-11-18(26)12-8-16)19-3-1-2-4-21(19)28-24/h5-12H,1-4,14H2. The molecule has 3 nitrogen and oxygen atoms in total. The summed E-state index contributed by atoms with van der Waals surface area (Å²) in [4.78, 5) is 17.5. The highest BCUT2D eigenvalue weighted by Crippen LogP contribution is 2.38. The fourth-order valence-electron chi connectivity index (χ4n) is 3.71. The van der Waals surface area contributed by atoms with Crippen molar-refractivity contribution in [2.45, 2.75) is 30.7 Å². The topological polar surface area (TPSA) is 53.8 Å². The molecule has 0 saturated carbocycles. The number of Topliss-reactive ketones (excluding diaryl/α,β-unsaturated/α-hetero) is 1. The van der Waals surface area contributed by atoms with Crippen LogP contribution in [0.15, 0.2) is 58.0 Å². The van der Waals surface area contributed by atoms with Crippen molar-refractivity contribution < 1.29 is 4.79 Å². The van der Waals surface area contributed by atoms with Crippen LogP contribution in [-0.2, 0) is 12.8 Å². The van der Waals surface area contributed by atoms with E-state index in [4.69, 9.17) is 16.6 Å². The van der Waals surface area contributed by atoms with E-state index in [1.807, 2.05) is 36.4 Å². The number of hydrogen-bond donors (Lipinski definition) is 0. The summed E-state index contributed by atoms with van der Waals surface area (Å²) in [5, 5.41) is 11.3. The summed E-state index contributed by atoms with van der Waals surface area (Å²) < 4.78 is 0.933. The lowest BCUT2D eigenvalue weighted by Gasteiger charge is -2.22. The maximum Gasteiger partial charge on any atom is 0.173 e. The highest BCUT2D eigenvalue weighted by molar-refractivity contribution is 9.10. The Balaban J connectivity index is 1.72. The number of hydrogen-bond acceptors (Lipinski definition) is 4. The van der Waals surface area contributed by atoms with E-state index in [9.17, 15) is 10.1 Å². The highest BCUT2D eigenvalue weighted by Gasteiger charge is 2.23. The Morgan fingerprint density at radius 1 is 1.10 bits per heavy atom. The third-order valence-corrected chi connectivity index (χ3v) is 6.95. The molecule has 1 aliphatic carbocycles. The van der Waals surface area contributed by atoms with Crippen molar-refractivity contribution in [3.8, 4) is 17.2 Å². The molecule has 1 aromatic heterocycles. The zero-order valence-corrected chi connectivity index (χ0v) is 19.3. The van der Waals surface area contributed by atoms with E-state index >= 15 is 0 Å². The van der Waals surface area contributed by atoms with Gasteiger partial charge in [-0.3, -0.25) is 4.79 Å². The molecule has 6 heteroatoms. The summed E-state index contributed by atoms with van der Waals surface area (Å²) in [7, 11) is 0. The molecule has 0 unspecified atom stereocenters. The minimum absolute atomic E-state index is 0.0175. The van der Waals surface area contributed by atoms with E-state index in [-0.39, 0.29) is 11.5 Å². The summed E-state index contributed by atoms with van der Waals surface area (Å²) in [5.74, 6) is 0.256. The van der Waals surface area contributed by atoms with Crippen LogP contribution in [0.3, 0.4) is 0 Å². The van der Waals surface area contributed by atoms with Gasteiger partial charge in [-0.15, -0.1) is 0 Å². The van der Waals surface area contributed by atoms with E-state index in [2.05, 4.69) is 22.0 Å². The van der Waals surface area contributed by atoms with Crippen molar-refractivity contribution >= 4 is 45.1 Å². The van der Waals surface area contributed by atoms with Gasteiger partial charge in [0, 0.05) is 26.3 Å². The first kappa shape index (κ1) is 21.1. The number of aryl methyl sites for hydroxylation is 1. The van der Waals surface area contributed by atoms with Gasteiger partial charge in [0.2, 0.25) is 0 Å². The van der Waals surface area contributed by atoms with Crippen molar-refractivity contribution in [3.63, 3.8) is 0 Å². The van der Waals surface area contributed by atoms with Gasteiger partial charge < -0.3 is 0 Å². The number of rotatable bonds is 5. The van der Waals surface area contributed by atoms with Crippen molar-refractivity contribution in [1.29, 1.82) is 5.26 Å². The Bertz CT molecular complexity index is 1140. The Labute approximate surface area is 193 Å². The van der Waals surface area contributed by atoms with Crippen LogP contribution in [0.25, 0.3) is 11.1 Å². The summed E-state index contributed by atoms with van der Waals surface area (Å²) in [6.07, 6.45) is 4.00. The lowest BCUT2D eigenvalue weighted by molar-refractivity contribution is 0.102. The smallest absolute Gasteiger partial charge is 0.173 e. The lowest BCUT2D eigenvalue weighted by Crippen LogP contribution is -2.11. The Morgan fingerprint density at radius 3 is 2.50 bits per heavy atom. The lowest BCUT2D eigenvalue weighted by atomic mass is 9.87. The van der Waals surface area contributed by atoms with E-state index in [1.54, 1.807) is 12.1 Å². The maximum atomic E-state index is 12.6. The molecule has 0 bridgehead atoms. The molecule has 0 fully saturated rings. The minimum Gasteiger partial charge on any atom is -0.293 e. The number of benzene rings is 2. The number of halogens is 2. The monoisotopic (exact) mass is 496 g/mol. The third kappa shape index (κ3) is 4.46. The van der Waals surface area contributed by atoms with E-state index < -0.39 is 0 Å². The predicted molar refractivity (Wildman–Crippen MR) is 125 cm³/mol. The van der Waals surface area contributed by atoms with Gasteiger partial charge in [-0.2, -0.15) is 5.26 Å². The molecule has 150 valence electrons. The van der Waals surface area contributed by atoms with Crippen LogP contribution >= 0.6 is 39.3 Å². The number of carbonyl (C=O) groups is 1. The van der Waals surface area contributed by atoms with Gasteiger partial charge in [0.25, 0.3) is 0 Å². The Morgan fingerprint density at radius 2 is 1.80 bits per heavy atom. The van der Waals surface area contributed by atoms with Crippen LogP contribution in [0.4, 0.5) is 0 Å². The number of nitrogens with zero attached hydrogens (tertiary/aromatic N) is 2. The minimum atomic E-state index is 0.0175. The molecule has 1 heterocycles. The zero-order valence-electron chi connectivity index (χ0n) is 16.1. The maximum absolute atomic E-state index is 12.6. The number of pyridine rings is 1. The molecule has 1 aliphatic rings. The first-order valence-electron chi connectivity index (χ1n) is 9.70. The van der Waals surface area contributed by atoms with Gasteiger partial charge in [-0.25, -0.2) is 4.98 Å². The Kier molecular flexibility index (Phi) is 6.58. The molecule has 0 aliphatic heterocycles. The second-order valence-electron chi connectivity index (χ2n) is 7.14. The molecule has 30 heavy (non-hydrogen) atoms. The summed E-state index contributed by atoms with van der Waals surface area (Å²) >= 11 is 10.8. The molecule has 0 spiro atoms. The first-order chi connectivity index (χ1) is 14.6. The SMILES string of the molecule is N#Cc1c(SCC(=O)c2ccc(Br)cc2)nc2c(c1-c1ccc(Cl)cc1)CCCC2. The average molecular weight is 498 g/mol. The second-order valence-corrected chi connectivity index (χ2v) is 9.45. The molecular weight excluding hydrogens is 480 g/mol. The van der Waals surface area contributed by atoms with Gasteiger partial charge in [0.1, 0.15) is 11.1 Å². The van der Waals surface area contributed by atoms with Gasteiger partial charge in [-0.05, 0) is 61.1 Å². The van der Waals surface area contributed by atoms with Crippen molar-refractivity contribution in [2.75, 3.05) is 5.75 Å². The number of nitriles is 1. The molecule has 0 atom stereocenters.